The largest absolute Gasteiger partial charge is 0.484 e. The number of halogens is 3. The molecule has 18 heteroatoms. The van der Waals surface area contributed by atoms with Gasteiger partial charge in [0.25, 0.3) is 15.9 Å². The molecule has 1 aliphatic heterocycles. The fraction of sp³-hybridized carbons (Fsp3) is 0.294. The molecule has 2 amide bonds. The lowest BCUT2D eigenvalue weighted by molar-refractivity contribution is -0.153. The number of benzene rings is 2. The number of ether oxygens (including phenoxy) is 2. The number of nitrogens with zero attached hydrogens (tertiary/aromatic N) is 5. The molecular formula is C34H34F3N7O6S2. The van der Waals surface area contributed by atoms with Gasteiger partial charge in [-0.25, -0.2) is 18.4 Å². The molecular weight excluding hydrogens is 724 g/mol. The Balaban J connectivity index is 1.04. The molecule has 6 rings (SSSR count). The normalized spacial score (nSPS) is 14.0. The van der Waals surface area contributed by atoms with E-state index in [0.717, 1.165) is 27.8 Å². The van der Waals surface area contributed by atoms with E-state index < -0.39 is 22.8 Å². The van der Waals surface area contributed by atoms with E-state index in [1.807, 2.05) is 16.7 Å². The number of anilines is 2. The Morgan fingerprint density at radius 3 is 2.35 bits per heavy atom. The predicted molar refractivity (Wildman–Crippen MR) is 188 cm³/mol. The summed E-state index contributed by atoms with van der Waals surface area (Å²) in [6, 6.07) is 16.8. The second-order valence-corrected chi connectivity index (χ2v) is 15.0. The van der Waals surface area contributed by atoms with Gasteiger partial charge < -0.3 is 24.3 Å². The maximum Gasteiger partial charge on any atom is 0.422 e. The standard InChI is InChI=1S/C34H34F3N7O6S2/c1-21-32(51-33(39-21)40-22(2)45)52(47,48)41-25-7-11-30(38-18-25)50-27-10-6-24-16-29(42(3)28(24)17-27)31(46)44-14-12-43(13-15-44)19-23-4-8-26(9-5-23)49-20-34(35,36)37/h4-11,16-18,41H,12-15,19-20H2,1-3H3,(H,39,40,45). The molecule has 0 unspecified atom stereocenters. The van der Waals surface area contributed by atoms with Crippen molar-refractivity contribution in [2.75, 3.05) is 42.8 Å². The number of fused-ring (bicyclic) bond motifs is 1. The molecule has 0 saturated carbocycles. The van der Waals surface area contributed by atoms with Crippen LogP contribution in [0.15, 0.2) is 71.1 Å². The van der Waals surface area contributed by atoms with Gasteiger partial charge in [0.05, 0.1) is 23.1 Å². The molecule has 13 nitrogen and oxygen atoms in total. The maximum absolute atomic E-state index is 13.6. The Hall–Kier alpha value is -5.20. The van der Waals surface area contributed by atoms with Crippen LogP contribution in [0.4, 0.5) is 24.0 Å². The molecule has 2 N–H and O–H groups in total. The third-order valence-electron chi connectivity index (χ3n) is 8.12. The van der Waals surface area contributed by atoms with Crippen LogP contribution in [-0.4, -0.2) is 83.5 Å². The summed E-state index contributed by atoms with van der Waals surface area (Å²) in [5.74, 6) is 0.378. The van der Waals surface area contributed by atoms with E-state index in [0.29, 0.717) is 44.2 Å². The van der Waals surface area contributed by atoms with Crippen LogP contribution in [0, 0.1) is 6.92 Å². The molecule has 1 aliphatic rings. The molecule has 1 fully saturated rings. The highest BCUT2D eigenvalue weighted by Gasteiger charge is 2.29. The van der Waals surface area contributed by atoms with Crippen LogP contribution >= 0.6 is 11.3 Å². The summed E-state index contributed by atoms with van der Waals surface area (Å²) in [5, 5.41) is 3.51. The van der Waals surface area contributed by atoms with Gasteiger partial charge in [-0.15, -0.1) is 0 Å². The highest BCUT2D eigenvalue weighted by Crippen LogP contribution is 2.31. The van der Waals surface area contributed by atoms with E-state index >= 15 is 0 Å². The number of thiazole rings is 1. The van der Waals surface area contributed by atoms with Crippen molar-refractivity contribution in [3.8, 4) is 17.4 Å². The van der Waals surface area contributed by atoms with Crippen molar-refractivity contribution in [2.45, 2.75) is 30.8 Å². The Morgan fingerprint density at radius 1 is 0.981 bits per heavy atom. The lowest BCUT2D eigenvalue weighted by Gasteiger charge is -2.34. The SMILES string of the molecule is CC(=O)Nc1nc(C)c(S(=O)(=O)Nc2ccc(Oc3ccc4cc(C(=O)N5CCN(Cc6ccc(OCC(F)(F)F)cc6)CC5)n(C)c4c3)nc2)s1. The molecule has 274 valence electrons. The zero-order valence-electron chi connectivity index (χ0n) is 28.2. The van der Waals surface area contributed by atoms with Gasteiger partial charge >= 0.3 is 6.18 Å². The van der Waals surface area contributed by atoms with Crippen LogP contribution in [-0.2, 0) is 28.4 Å². The minimum Gasteiger partial charge on any atom is -0.484 e. The van der Waals surface area contributed by atoms with Crippen molar-refractivity contribution >= 4 is 54.9 Å². The molecule has 2 aromatic carbocycles. The molecule has 0 radical (unpaired) electrons. The van der Waals surface area contributed by atoms with E-state index in [9.17, 15) is 31.2 Å². The Bertz CT molecular complexity index is 2200. The highest BCUT2D eigenvalue weighted by atomic mass is 32.2. The number of nitrogens with one attached hydrogen (secondary N) is 2. The van der Waals surface area contributed by atoms with Crippen molar-refractivity contribution < 1.29 is 40.7 Å². The average molecular weight is 758 g/mol. The van der Waals surface area contributed by atoms with Gasteiger partial charge in [-0.05, 0) is 48.9 Å². The summed E-state index contributed by atoms with van der Waals surface area (Å²) in [5.41, 5.74) is 2.67. The number of hydrogen-bond donors (Lipinski definition) is 2. The number of rotatable bonds is 11. The first kappa shape index (κ1) is 36.6. The topological polar surface area (TPSA) is 148 Å². The van der Waals surface area contributed by atoms with Crippen LogP contribution in [0.5, 0.6) is 17.4 Å². The zero-order valence-corrected chi connectivity index (χ0v) is 29.9. The van der Waals surface area contributed by atoms with Gasteiger partial charge in [0.2, 0.25) is 11.8 Å². The van der Waals surface area contributed by atoms with Crippen molar-refractivity contribution in [3.05, 3.63) is 83.8 Å². The number of alkyl halides is 3. The number of sulfonamides is 1. The number of hydrogen-bond acceptors (Lipinski definition) is 10. The van der Waals surface area contributed by atoms with Crippen LogP contribution in [0.2, 0.25) is 0 Å². The molecule has 0 spiro atoms. The van der Waals surface area contributed by atoms with Gasteiger partial charge in [-0.3, -0.25) is 19.2 Å². The Labute approximate surface area is 301 Å². The number of pyridine rings is 1. The van der Waals surface area contributed by atoms with Gasteiger partial charge in [0, 0.05) is 64.2 Å². The summed E-state index contributed by atoms with van der Waals surface area (Å²) in [6.45, 7) is 4.41. The maximum atomic E-state index is 13.6. The number of aryl methyl sites for hydroxylation is 2. The summed E-state index contributed by atoms with van der Waals surface area (Å²) in [4.78, 5) is 37.2. The first-order chi connectivity index (χ1) is 24.6. The summed E-state index contributed by atoms with van der Waals surface area (Å²) in [6.07, 6.45) is -3.07. The summed E-state index contributed by atoms with van der Waals surface area (Å²) in [7, 11) is -2.18. The van der Waals surface area contributed by atoms with Crippen LogP contribution in [0.1, 0.15) is 28.7 Å². The molecule has 1 saturated heterocycles. The molecule has 4 heterocycles. The second kappa shape index (κ2) is 14.8. The van der Waals surface area contributed by atoms with E-state index in [-0.39, 0.29) is 44.2 Å². The number of carbonyl (C=O) groups is 2. The monoisotopic (exact) mass is 757 g/mol. The van der Waals surface area contributed by atoms with Crippen LogP contribution in [0.25, 0.3) is 10.9 Å². The minimum absolute atomic E-state index is 0.0318. The molecule has 0 atom stereocenters. The van der Waals surface area contributed by atoms with E-state index in [1.165, 1.54) is 44.3 Å². The Morgan fingerprint density at radius 2 is 1.69 bits per heavy atom. The molecule has 5 aromatic rings. The van der Waals surface area contributed by atoms with E-state index in [1.54, 1.807) is 36.2 Å². The Kier molecular flexibility index (Phi) is 10.4. The first-order valence-corrected chi connectivity index (χ1v) is 18.2. The number of aromatic nitrogens is 3. The van der Waals surface area contributed by atoms with Crippen molar-refractivity contribution in [3.63, 3.8) is 0 Å². The lowest BCUT2D eigenvalue weighted by atomic mass is 10.2. The third kappa shape index (κ3) is 8.80. The third-order valence-corrected chi connectivity index (χ3v) is 11.2. The smallest absolute Gasteiger partial charge is 0.422 e. The number of carbonyl (C=O) groups excluding carboxylic acids is 2. The van der Waals surface area contributed by atoms with E-state index in [2.05, 4.69) is 24.9 Å². The molecule has 3 aromatic heterocycles. The van der Waals surface area contributed by atoms with E-state index in [4.69, 9.17) is 9.47 Å². The predicted octanol–water partition coefficient (Wildman–Crippen LogP) is 5.79. The molecule has 52 heavy (non-hydrogen) atoms. The highest BCUT2D eigenvalue weighted by molar-refractivity contribution is 7.94. The quantitative estimate of drug-likeness (QED) is 0.171. The van der Waals surface area contributed by atoms with Crippen molar-refractivity contribution in [1.29, 1.82) is 0 Å². The number of amides is 2. The van der Waals surface area contributed by atoms with Crippen LogP contribution in [0.3, 0.4) is 0 Å². The molecule has 0 aliphatic carbocycles. The average Bonchev–Trinajstić information content (AvgIpc) is 3.63. The number of piperazine rings is 1. The first-order valence-electron chi connectivity index (χ1n) is 15.9. The minimum atomic E-state index is -4.39. The van der Waals surface area contributed by atoms with Crippen molar-refractivity contribution in [2.24, 2.45) is 7.05 Å². The van der Waals surface area contributed by atoms with Gasteiger partial charge in [0.1, 0.15) is 17.2 Å². The zero-order chi connectivity index (χ0) is 37.2. The van der Waals surface area contributed by atoms with Crippen molar-refractivity contribution in [1.82, 2.24) is 24.3 Å². The molecule has 0 bridgehead atoms. The second-order valence-electron chi connectivity index (χ2n) is 12.1. The fourth-order valence-corrected chi connectivity index (χ4v) is 8.13. The fourth-order valence-electron chi connectivity index (χ4n) is 5.62. The summed E-state index contributed by atoms with van der Waals surface area (Å²) >= 11 is 0.842. The van der Waals surface area contributed by atoms with Crippen LogP contribution < -0.4 is 19.5 Å². The van der Waals surface area contributed by atoms with Gasteiger partial charge in [-0.2, -0.15) is 13.2 Å². The lowest BCUT2D eigenvalue weighted by Crippen LogP contribution is -2.48. The van der Waals surface area contributed by atoms with Gasteiger partial charge in [-0.1, -0.05) is 23.5 Å². The summed E-state index contributed by atoms with van der Waals surface area (Å²) < 4.78 is 78.1. The van der Waals surface area contributed by atoms with Gasteiger partial charge in [0.15, 0.2) is 15.9 Å².